The number of piperazine rings is 1. The predicted molar refractivity (Wildman–Crippen MR) is 101 cm³/mol. The lowest BCUT2D eigenvalue weighted by Gasteiger charge is -2.36. The van der Waals surface area contributed by atoms with E-state index in [0.717, 1.165) is 17.2 Å². The van der Waals surface area contributed by atoms with E-state index in [1.165, 1.54) is 30.0 Å². The maximum atomic E-state index is 12.9. The molecule has 152 valence electrons. The number of anilines is 1. The summed E-state index contributed by atoms with van der Waals surface area (Å²) in [6.07, 6.45) is -4.05. The average Bonchev–Trinajstić information content (AvgIpc) is 2.68. The Morgan fingerprint density at radius 2 is 1.71 bits per heavy atom. The lowest BCUT2D eigenvalue weighted by atomic mass is 10.2. The van der Waals surface area contributed by atoms with Crippen LogP contribution >= 0.6 is 11.8 Å². The van der Waals surface area contributed by atoms with E-state index in [4.69, 9.17) is 0 Å². The van der Waals surface area contributed by atoms with E-state index in [1.54, 1.807) is 12.1 Å². The summed E-state index contributed by atoms with van der Waals surface area (Å²) >= 11 is 1.47. The highest BCUT2D eigenvalue weighted by Gasteiger charge is 2.31. The van der Waals surface area contributed by atoms with Crippen LogP contribution in [-0.2, 0) is 6.18 Å². The molecule has 1 atom stereocenters. The van der Waals surface area contributed by atoms with Crippen molar-refractivity contribution in [2.24, 2.45) is 0 Å². The topological polar surface area (TPSA) is 39.6 Å². The Kier molecular flexibility index (Phi) is 6.79. The summed E-state index contributed by atoms with van der Waals surface area (Å²) < 4.78 is 50.8. The molecule has 1 unspecified atom stereocenters. The standard InChI is InChI=1S/C19H21F4N3OS/c20-15-2-4-17(5-3-15)28-13-16(27)12-25-7-9-26(10-8-25)18-6-1-14(11-24-18)19(21,22)23/h1-6,11,16,27H,7-10,12-13H2. The molecule has 2 aromatic rings. The van der Waals surface area contributed by atoms with Gasteiger partial charge >= 0.3 is 6.18 Å². The largest absolute Gasteiger partial charge is 0.417 e. The van der Waals surface area contributed by atoms with Crippen LogP contribution in [0, 0.1) is 5.82 Å². The van der Waals surface area contributed by atoms with E-state index in [2.05, 4.69) is 9.88 Å². The second-order valence-electron chi connectivity index (χ2n) is 6.61. The first kappa shape index (κ1) is 20.9. The molecule has 1 fully saturated rings. The molecular formula is C19H21F4N3OS. The molecule has 1 saturated heterocycles. The monoisotopic (exact) mass is 415 g/mol. The molecule has 9 heteroatoms. The van der Waals surface area contributed by atoms with E-state index in [0.29, 0.717) is 44.3 Å². The lowest BCUT2D eigenvalue weighted by Crippen LogP contribution is -2.49. The molecule has 1 aliphatic heterocycles. The number of halogens is 4. The molecule has 0 spiro atoms. The number of thioether (sulfide) groups is 1. The van der Waals surface area contributed by atoms with Gasteiger partial charge in [0.2, 0.25) is 0 Å². The number of alkyl halides is 3. The molecule has 28 heavy (non-hydrogen) atoms. The van der Waals surface area contributed by atoms with Gasteiger partial charge in [0, 0.05) is 49.6 Å². The fraction of sp³-hybridized carbons (Fsp3) is 0.421. The third-order valence-corrected chi connectivity index (χ3v) is 5.65. The number of aliphatic hydroxyl groups excluding tert-OH is 1. The van der Waals surface area contributed by atoms with Gasteiger partial charge < -0.3 is 10.0 Å². The molecule has 0 saturated carbocycles. The normalized spacial score (nSPS) is 17.0. The Hall–Kier alpha value is -1.84. The zero-order chi connectivity index (χ0) is 20.1. The number of β-amino-alcohol motifs (C(OH)–C–C–N with tert-alkyl or cyclic N) is 1. The van der Waals surface area contributed by atoms with Crippen molar-refractivity contribution in [3.8, 4) is 0 Å². The van der Waals surface area contributed by atoms with Crippen molar-refractivity contribution in [2.75, 3.05) is 43.4 Å². The molecule has 1 N–H and O–H groups in total. The number of pyridine rings is 1. The minimum Gasteiger partial charge on any atom is -0.391 e. The Bertz CT molecular complexity index is 747. The number of hydrogen-bond acceptors (Lipinski definition) is 5. The number of aromatic nitrogens is 1. The van der Waals surface area contributed by atoms with Crippen molar-refractivity contribution in [2.45, 2.75) is 17.2 Å². The molecule has 0 bridgehead atoms. The average molecular weight is 415 g/mol. The van der Waals surface area contributed by atoms with Crippen LogP contribution in [0.15, 0.2) is 47.5 Å². The molecule has 3 rings (SSSR count). The number of benzene rings is 1. The fourth-order valence-electron chi connectivity index (χ4n) is 2.97. The summed E-state index contributed by atoms with van der Waals surface area (Å²) in [5.41, 5.74) is -0.753. The lowest BCUT2D eigenvalue weighted by molar-refractivity contribution is -0.137. The van der Waals surface area contributed by atoms with Gasteiger partial charge in [-0.05, 0) is 36.4 Å². The highest BCUT2D eigenvalue weighted by Crippen LogP contribution is 2.29. The minimum atomic E-state index is -4.38. The minimum absolute atomic E-state index is 0.287. The fourth-order valence-corrected chi connectivity index (χ4v) is 3.79. The van der Waals surface area contributed by atoms with Gasteiger partial charge in [-0.25, -0.2) is 9.37 Å². The summed E-state index contributed by atoms with van der Waals surface area (Å²) in [4.78, 5) is 8.90. The van der Waals surface area contributed by atoms with Gasteiger partial charge in [0.15, 0.2) is 0 Å². The summed E-state index contributed by atoms with van der Waals surface area (Å²) in [5.74, 6) is 0.747. The maximum absolute atomic E-state index is 12.9. The van der Waals surface area contributed by atoms with Crippen LogP contribution in [0.4, 0.5) is 23.4 Å². The smallest absolute Gasteiger partial charge is 0.391 e. The SMILES string of the molecule is OC(CSc1ccc(F)cc1)CN1CCN(c2ccc(C(F)(F)F)cn2)CC1. The Labute approximate surface area is 165 Å². The molecule has 1 aromatic carbocycles. The summed E-state index contributed by atoms with van der Waals surface area (Å²) in [6, 6.07) is 8.59. The van der Waals surface area contributed by atoms with Crippen LogP contribution in [0.2, 0.25) is 0 Å². The molecule has 1 aliphatic rings. The zero-order valence-electron chi connectivity index (χ0n) is 15.1. The quantitative estimate of drug-likeness (QED) is 0.578. The first-order chi connectivity index (χ1) is 13.3. The third kappa shape index (κ3) is 5.83. The summed E-state index contributed by atoms with van der Waals surface area (Å²) in [6.45, 7) is 3.18. The summed E-state index contributed by atoms with van der Waals surface area (Å²) in [5, 5.41) is 10.2. The second-order valence-corrected chi connectivity index (χ2v) is 7.70. The number of rotatable bonds is 6. The molecular weight excluding hydrogens is 394 g/mol. The predicted octanol–water partition coefficient (Wildman–Crippen LogP) is 3.51. The molecule has 0 aliphatic carbocycles. The van der Waals surface area contributed by atoms with E-state index in [9.17, 15) is 22.7 Å². The van der Waals surface area contributed by atoms with Crippen molar-refractivity contribution in [1.29, 1.82) is 0 Å². The van der Waals surface area contributed by atoms with Crippen LogP contribution in [0.3, 0.4) is 0 Å². The van der Waals surface area contributed by atoms with E-state index >= 15 is 0 Å². The van der Waals surface area contributed by atoms with Gasteiger partial charge in [0.1, 0.15) is 11.6 Å². The number of nitrogens with zero attached hydrogens (tertiary/aromatic N) is 3. The van der Waals surface area contributed by atoms with Crippen molar-refractivity contribution >= 4 is 17.6 Å². The van der Waals surface area contributed by atoms with Crippen molar-refractivity contribution in [3.05, 3.63) is 54.0 Å². The molecule has 2 heterocycles. The second kappa shape index (κ2) is 9.11. The van der Waals surface area contributed by atoms with Gasteiger partial charge in [-0.3, -0.25) is 4.90 Å². The van der Waals surface area contributed by atoms with E-state index in [-0.39, 0.29) is 5.82 Å². The highest BCUT2D eigenvalue weighted by molar-refractivity contribution is 7.99. The van der Waals surface area contributed by atoms with Crippen LogP contribution in [0.5, 0.6) is 0 Å². The number of aliphatic hydroxyl groups is 1. The van der Waals surface area contributed by atoms with Gasteiger partial charge in [0.05, 0.1) is 11.7 Å². The first-order valence-corrected chi connectivity index (χ1v) is 9.87. The highest BCUT2D eigenvalue weighted by atomic mass is 32.2. The number of hydrogen-bond donors (Lipinski definition) is 1. The van der Waals surface area contributed by atoms with Crippen LogP contribution in [-0.4, -0.2) is 59.6 Å². The third-order valence-electron chi connectivity index (χ3n) is 4.50. The van der Waals surface area contributed by atoms with Crippen molar-refractivity contribution in [3.63, 3.8) is 0 Å². The Balaban J connectivity index is 1.42. The first-order valence-electron chi connectivity index (χ1n) is 8.88. The molecule has 4 nitrogen and oxygen atoms in total. The molecule has 0 amide bonds. The molecule has 1 aromatic heterocycles. The van der Waals surface area contributed by atoms with E-state index < -0.39 is 17.8 Å². The van der Waals surface area contributed by atoms with Crippen molar-refractivity contribution in [1.82, 2.24) is 9.88 Å². The van der Waals surface area contributed by atoms with Crippen molar-refractivity contribution < 1.29 is 22.7 Å². The van der Waals surface area contributed by atoms with Gasteiger partial charge in [-0.1, -0.05) is 0 Å². The van der Waals surface area contributed by atoms with Gasteiger partial charge in [-0.2, -0.15) is 13.2 Å². The zero-order valence-corrected chi connectivity index (χ0v) is 15.9. The molecule has 0 radical (unpaired) electrons. The van der Waals surface area contributed by atoms with Gasteiger partial charge in [-0.15, -0.1) is 11.8 Å². The maximum Gasteiger partial charge on any atom is 0.417 e. The van der Waals surface area contributed by atoms with Crippen LogP contribution in [0.25, 0.3) is 0 Å². The van der Waals surface area contributed by atoms with Crippen LogP contribution < -0.4 is 4.90 Å². The van der Waals surface area contributed by atoms with Crippen LogP contribution in [0.1, 0.15) is 5.56 Å². The summed E-state index contributed by atoms with van der Waals surface area (Å²) in [7, 11) is 0. The van der Waals surface area contributed by atoms with E-state index in [1.807, 2.05) is 4.90 Å². The Morgan fingerprint density at radius 1 is 1.04 bits per heavy atom. The Morgan fingerprint density at radius 3 is 2.29 bits per heavy atom. The van der Waals surface area contributed by atoms with Gasteiger partial charge in [0.25, 0.3) is 0 Å².